The first-order valence-corrected chi connectivity index (χ1v) is 10.4. The van der Waals surface area contributed by atoms with Gasteiger partial charge in [-0.25, -0.2) is 14.8 Å². The minimum atomic E-state index is -1.11. The third-order valence-electron chi connectivity index (χ3n) is 4.77. The summed E-state index contributed by atoms with van der Waals surface area (Å²) >= 11 is 6.04. The first kappa shape index (κ1) is 21.1. The van der Waals surface area contributed by atoms with Crippen LogP contribution in [0.25, 0.3) is 0 Å². The van der Waals surface area contributed by atoms with Gasteiger partial charge in [0, 0.05) is 11.4 Å². The van der Waals surface area contributed by atoms with Crippen LogP contribution < -0.4 is 4.90 Å². The van der Waals surface area contributed by atoms with Gasteiger partial charge in [0.05, 0.1) is 23.1 Å². The predicted octanol–water partition coefficient (Wildman–Crippen LogP) is 2.61. The number of carboxylic acids is 1. The number of pyridine rings is 2. The normalized spacial score (nSPS) is 18.7. The molecule has 3 heterocycles. The van der Waals surface area contributed by atoms with E-state index >= 15 is 0 Å². The van der Waals surface area contributed by atoms with E-state index in [1.807, 2.05) is 17.2 Å². The summed E-state index contributed by atoms with van der Waals surface area (Å²) in [5.41, 5.74) is -0.206. The summed E-state index contributed by atoms with van der Waals surface area (Å²) in [5, 5.41) is 18.3. The van der Waals surface area contributed by atoms with Gasteiger partial charge in [-0.15, -0.1) is 24.4 Å². The molecule has 1 unspecified atom stereocenters. The second-order valence-corrected chi connectivity index (χ2v) is 8.19. The first-order valence-electron chi connectivity index (χ1n) is 8.62. The molecule has 1 atom stereocenters. The van der Waals surface area contributed by atoms with E-state index in [0.29, 0.717) is 22.0 Å². The van der Waals surface area contributed by atoms with Crippen LogP contribution in [-0.2, 0) is 11.3 Å². The zero-order valence-corrected chi connectivity index (χ0v) is 17.7. The molecule has 1 N–H and O–H groups in total. The molecule has 0 saturated carbocycles. The molecule has 29 heavy (non-hydrogen) atoms. The van der Waals surface area contributed by atoms with Crippen LogP contribution in [0.15, 0.2) is 35.4 Å². The molecule has 2 aromatic rings. The fourth-order valence-corrected chi connectivity index (χ4v) is 4.29. The summed E-state index contributed by atoms with van der Waals surface area (Å²) in [5.74, 6) is -1.29. The number of carbonyl (C=O) groups is 2. The zero-order chi connectivity index (χ0) is 21.3. The van der Waals surface area contributed by atoms with Crippen LogP contribution in [0.3, 0.4) is 0 Å². The average Bonchev–Trinajstić information content (AvgIpc) is 2.87. The van der Waals surface area contributed by atoms with Crippen molar-refractivity contribution in [2.45, 2.75) is 36.3 Å². The average molecular weight is 430 g/mol. The van der Waals surface area contributed by atoms with E-state index in [9.17, 15) is 14.9 Å². The molecule has 3 rings (SSSR count). The van der Waals surface area contributed by atoms with E-state index in [4.69, 9.17) is 5.11 Å². The van der Waals surface area contributed by atoms with Gasteiger partial charge in [-0.1, -0.05) is 6.07 Å². The van der Waals surface area contributed by atoms with Crippen LogP contribution in [0.4, 0.5) is 5.69 Å². The SMILES string of the molecule is CSc1cc(N2C(=O)C(C)(C)N(Cc3cccc(C(=O)O)n3)C2S)cnc1C#N. The number of carbonyl (C=O) groups excluding carboxylic acids is 1. The maximum Gasteiger partial charge on any atom is 0.354 e. The lowest BCUT2D eigenvalue weighted by atomic mass is 10.0. The van der Waals surface area contributed by atoms with E-state index in [1.165, 1.54) is 28.9 Å². The Morgan fingerprint density at radius 3 is 2.79 bits per heavy atom. The van der Waals surface area contributed by atoms with Gasteiger partial charge >= 0.3 is 5.97 Å². The highest BCUT2D eigenvalue weighted by Crippen LogP contribution is 2.38. The van der Waals surface area contributed by atoms with Gasteiger partial charge in [-0.05, 0) is 38.3 Å². The lowest BCUT2D eigenvalue weighted by Gasteiger charge is -2.30. The molecular weight excluding hydrogens is 410 g/mol. The lowest BCUT2D eigenvalue weighted by molar-refractivity contribution is -0.123. The highest BCUT2D eigenvalue weighted by Gasteiger charge is 2.51. The fraction of sp³-hybridized carbons (Fsp3) is 0.316. The minimum Gasteiger partial charge on any atom is -0.477 e. The fourth-order valence-electron chi connectivity index (χ4n) is 3.15. The molecule has 1 fully saturated rings. The van der Waals surface area contributed by atoms with E-state index in [-0.39, 0.29) is 18.1 Å². The Kier molecular flexibility index (Phi) is 5.84. The Bertz CT molecular complexity index is 1020. The Hall–Kier alpha value is -2.61. The largest absolute Gasteiger partial charge is 0.477 e. The zero-order valence-electron chi connectivity index (χ0n) is 16.0. The number of anilines is 1. The lowest BCUT2D eigenvalue weighted by Crippen LogP contribution is -2.44. The van der Waals surface area contributed by atoms with Gasteiger partial charge in [0.25, 0.3) is 0 Å². The number of nitriles is 1. The van der Waals surface area contributed by atoms with E-state index < -0.39 is 17.0 Å². The molecule has 1 aliphatic rings. The number of nitrogens with zero attached hydrogens (tertiary/aromatic N) is 5. The Morgan fingerprint density at radius 2 is 2.17 bits per heavy atom. The Balaban J connectivity index is 1.96. The number of hydrogen-bond acceptors (Lipinski definition) is 8. The van der Waals surface area contributed by atoms with Crippen LogP contribution in [0.1, 0.15) is 35.7 Å². The van der Waals surface area contributed by atoms with Crippen molar-refractivity contribution >= 4 is 42.0 Å². The van der Waals surface area contributed by atoms with Crippen LogP contribution >= 0.6 is 24.4 Å². The van der Waals surface area contributed by atoms with Crippen molar-refractivity contribution in [3.8, 4) is 6.07 Å². The van der Waals surface area contributed by atoms with Crippen molar-refractivity contribution in [3.63, 3.8) is 0 Å². The molecule has 1 amide bonds. The van der Waals surface area contributed by atoms with Crippen molar-refractivity contribution in [2.75, 3.05) is 11.2 Å². The summed E-state index contributed by atoms with van der Waals surface area (Å²) in [7, 11) is 0. The molecule has 0 radical (unpaired) electrons. The molecule has 1 aliphatic heterocycles. The van der Waals surface area contributed by atoms with Gasteiger partial charge in [-0.3, -0.25) is 14.6 Å². The molecule has 2 aromatic heterocycles. The summed E-state index contributed by atoms with van der Waals surface area (Å²) in [4.78, 5) is 36.7. The molecular formula is C19H19N5O3S2. The van der Waals surface area contributed by atoms with Crippen molar-refractivity contribution in [1.29, 1.82) is 5.26 Å². The monoisotopic (exact) mass is 429 g/mol. The van der Waals surface area contributed by atoms with Crippen LogP contribution in [-0.4, -0.2) is 49.1 Å². The summed E-state index contributed by atoms with van der Waals surface area (Å²) in [6.45, 7) is 3.81. The highest BCUT2D eigenvalue weighted by molar-refractivity contribution is 7.98. The topological polar surface area (TPSA) is 110 Å². The van der Waals surface area contributed by atoms with Gasteiger partial charge in [-0.2, -0.15) is 5.26 Å². The number of amides is 1. The van der Waals surface area contributed by atoms with Gasteiger partial charge < -0.3 is 5.11 Å². The smallest absolute Gasteiger partial charge is 0.354 e. The molecule has 0 aromatic carbocycles. The van der Waals surface area contributed by atoms with Crippen molar-refractivity contribution in [1.82, 2.24) is 14.9 Å². The number of aromatic nitrogens is 2. The number of thioether (sulfide) groups is 1. The number of rotatable bonds is 5. The highest BCUT2D eigenvalue weighted by atomic mass is 32.2. The quantitative estimate of drug-likeness (QED) is 0.551. The van der Waals surface area contributed by atoms with Gasteiger partial charge in [0.2, 0.25) is 5.91 Å². The second kappa shape index (κ2) is 8.02. The molecule has 0 bridgehead atoms. The molecule has 10 heteroatoms. The maximum absolute atomic E-state index is 13.2. The van der Waals surface area contributed by atoms with Crippen molar-refractivity contribution in [3.05, 3.63) is 47.5 Å². The molecule has 8 nitrogen and oxygen atoms in total. The molecule has 150 valence electrons. The third kappa shape index (κ3) is 3.81. The van der Waals surface area contributed by atoms with Gasteiger partial charge in [0.15, 0.2) is 5.69 Å². The number of hydrogen-bond donors (Lipinski definition) is 2. The van der Waals surface area contributed by atoms with E-state index in [0.717, 1.165) is 0 Å². The third-order valence-corrected chi connectivity index (χ3v) is 6.03. The summed E-state index contributed by atoms with van der Waals surface area (Å²) < 4.78 is 0. The Morgan fingerprint density at radius 1 is 1.45 bits per heavy atom. The number of thiol groups is 1. The van der Waals surface area contributed by atoms with Crippen LogP contribution in [0.2, 0.25) is 0 Å². The summed E-state index contributed by atoms with van der Waals surface area (Å²) in [6, 6.07) is 8.54. The first-order chi connectivity index (χ1) is 13.7. The minimum absolute atomic E-state index is 0.0562. The van der Waals surface area contributed by atoms with Crippen LogP contribution in [0.5, 0.6) is 0 Å². The van der Waals surface area contributed by atoms with E-state index in [1.54, 1.807) is 32.0 Å². The molecule has 0 spiro atoms. The van der Waals surface area contributed by atoms with Crippen molar-refractivity contribution in [2.24, 2.45) is 0 Å². The second-order valence-electron chi connectivity index (χ2n) is 6.88. The maximum atomic E-state index is 13.2. The standard InChI is InChI=1S/C19H19N5O3S2/c1-19(2)17(27)24(12-7-15(29-3)14(8-20)21-9-12)18(28)23(19)10-11-5-4-6-13(22-11)16(25)26/h4-7,9,18,28H,10H2,1-3H3,(H,25,26). The summed E-state index contributed by atoms with van der Waals surface area (Å²) in [6.07, 6.45) is 3.32. The predicted molar refractivity (Wildman–Crippen MR) is 112 cm³/mol. The molecule has 1 saturated heterocycles. The Labute approximate surface area is 178 Å². The van der Waals surface area contributed by atoms with Crippen LogP contribution in [0, 0.1) is 11.3 Å². The van der Waals surface area contributed by atoms with Crippen molar-refractivity contribution < 1.29 is 14.7 Å². The van der Waals surface area contributed by atoms with E-state index in [2.05, 4.69) is 22.6 Å². The molecule has 0 aliphatic carbocycles. The van der Waals surface area contributed by atoms with Gasteiger partial charge in [0.1, 0.15) is 17.3 Å². The number of carboxylic acid groups (broad SMARTS) is 1. The number of aromatic carboxylic acids is 1.